The number of nitrogens with zero attached hydrogens (tertiary/aromatic N) is 1. The van der Waals surface area contributed by atoms with E-state index in [0.29, 0.717) is 12.1 Å². The first kappa shape index (κ1) is 16.5. The quantitative estimate of drug-likeness (QED) is 0.840. The summed E-state index contributed by atoms with van der Waals surface area (Å²) in [6.45, 7) is 4.00. The molecule has 0 radical (unpaired) electrons. The van der Waals surface area contributed by atoms with E-state index in [2.05, 4.69) is 10.3 Å². The van der Waals surface area contributed by atoms with E-state index in [1.54, 1.807) is 0 Å². The van der Waals surface area contributed by atoms with Crippen LogP contribution in [-0.4, -0.2) is 18.0 Å². The fourth-order valence-corrected chi connectivity index (χ4v) is 2.83. The molecule has 4 heteroatoms. The summed E-state index contributed by atoms with van der Waals surface area (Å²) in [4.78, 5) is 16.6. The van der Waals surface area contributed by atoms with Gasteiger partial charge in [0.15, 0.2) is 0 Å². The van der Waals surface area contributed by atoms with Crippen LogP contribution in [0.2, 0.25) is 0 Å². The number of carbonyl (C=O) groups is 1. The van der Waals surface area contributed by atoms with Crippen LogP contribution in [0.25, 0.3) is 0 Å². The zero-order chi connectivity index (χ0) is 15.8. The molecule has 120 valence electrons. The molecule has 1 saturated carbocycles. The predicted molar refractivity (Wildman–Crippen MR) is 88.7 cm³/mol. The first-order valence-electron chi connectivity index (χ1n) is 8.43. The Labute approximate surface area is 133 Å². The SMILES string of the molecule is CC.O=C1NC(=NC2CCCCCC2)OC1c1ccccc1. The summed E-state index contributed by atoms with van der Waals surface area (Å²) in [7, 11) is 0. The Bertz CT molecular complexity index is 491. The molecule has 0 aromatic heterocycles. The largest absolute Gasteiger partial charge is 0.447 e. The number of rotatable bonds is 2. The fraction of sp³-hybridized carbons (Fsp3) is 0.556. The van der Waals surface area contributed by atoms with Crippen LogP contribution in [0.5, 0.6) is 0 Å². The first-order chi connectivity index (χ1) is 10.8. The lowest BCUT2D eigenvalue weighted by molar-refractivity contribution is -0.123. The van der Waals surface area contributed by atoms with Gasteiger partial charge in [0.1, 0.15) is 0 Å². The minimum absolute atomic E-state index is 0.122. The average molecular weight is 302 g/mol. The number of hydrogen-bond donors (Lipinski definition) is 1. The van der Waals surface area contributed by atoms with E-state index in [4.69, 9.17) is 4.74 Å². The molecular weight excluding hydrogens is 276 g/mol. The normalized spacial score (nSPS) is 24.0. The van der Waals surface area contributed by atoms with Crippen LogP contribution in [0.3, 0.4) is 0 Å². The first-order valence-corrected chi connectivity index (χ1v) is 8.43. The minimum Gasteiger partial charge on any atom is -0.447 e. The van der Waals surface area contributed by atoms with Gasteiger partial charge in [0.2, 0.25) is 6.10 Å². The Morgan fingerprint density at radius 1 is 1.05 bits per heavy atom. The molecule has 1 aliphatic heterocycles. The Kier molecular flexibility index (Phi) is 6.44. The molecule has 1 amide bonds. The number of carbonyl (C=O) groups excluding carboxylic acids is 1. The zero-order valence-corrected chi connectivity index (χ0v) is 13.5. The second kappa shape index (κ2) is 8.57. The van der Waals surface area contributed by atoms with E-state index in [9.17, 15) is 4.79 Å². The van der Waals surface area contributed by atoms with Gasteiger partial charge in [-0.2, -0.15) is 0 Å². The average Bonchev–Trinajstić information content (AvgIpc) is 2.76. The minimum atomic E-state index is -0.555. The van der Waals surface area contributed by atoms with Gasteiger partial charge in [0.05, 0.1) is 6.04 Å². The van der Waals surface area contributed by atoms with E-state index in [1.165, 1.54) is 25.7 Å². The van der Waals surface area contributed by atoms with Crippen molar-refractivity contribution in [1.29, 1.82) is 0 Å². The number of amidine groups is 1. The molecule has 1 saturated heterocycles. The highest BCUT2D eigenvalue weighted by Gasteiger charge is 2.32. The molecule has 1 aliphatic carbocycles. The molecule has 1 aromatic carbocycles. The molecule has 1 atom stereocenters. The van der Waals surface area contributed by atoms with Crippen LogP contribution < -0.4 is 5.32 Å². The molecule has 2 aliphatic rings. The highest BCUT2D eigenvalue weighted by Crippen LogP contribution is 2.24. The van der Waals surface area contributed by atoms with E-state index in [0.717, 1.165) is 18.4 Å². The Morgan fingerprint density at radius 3 is 2.32 bits per heavy atom. The highest BCUT2D eigenvalue weighted by molar-refractivity contribution is 6.02. The van der Waals surface area contributed by atoms with E-state index < -0.39 is 6.10 Å². The number of aliphatic imine (C=N–C) groups is 1. The van der Waals surface area contributed by atoms with Gasteiger partial charge < -0.3 is 4.74 Å². The summed E-state index contributed by atoms with van der Waals surface area (Å²) in [6, 6.07) is 10.2. The molecule has 1 N–H and O–H groups in total. The van der Waals surface area contributed by atoms with Crippen molar-refractivity contribution < 1.29 is 9.53 Å². The van der Waals surface area contributed by atoms with Crippen LogP contribution in [-0.2, 0) is 9.53 Å². The summed E-state index contributed by atoms with van der Waals surface area (Å²) in [5.41, 5.74) is 0.871. The molecule has 2 fully saturated rings. The third kappa shape index (κ3) is 4.33. The monoisotopic (exact) mass is 302 g/mol. The van der Waals surface area contributed by atoms with Gasteiger partial charge in [0.25, 0.3) is 11.9 Å². The van der Waals surface area contributed by atoms with Crippen molar-refractivity contribution in [2.75, 3.05) is 0 Å². The van der Waals surface area contributed by atoms with Gasteiger partial charge in [-0.3, -0.25) is 10.1 Å². The lowest BCUT2D eigenvalue weighted by Crippen LogP contribution is -2.23. The maximum absolute atomic E-state index is 12.0. The maximum atomic E-state index is 12.0. The van der Waals surface area contributed by atoms with Crippen molar-refractivity contribution in [2.24, 2.45) is 4.99 Å². The van der Waals surface area contributed by atoms with Gasteiger partial charge in [-0.1, -0.05) is 69.9 Å². The van der Waals surface area contributed by atoms with Gasteiger partial charge in [-0.05, 0) is 12.8 Å². The van der Waals surface area contributed by atoms with Crippen molar-refractivity contribution >= 4 is 11.9 Å². The fourth-order valence-electron chi connectivity index (χ4n) is 2.83. The number of amides is 1. The number of hydrogen-bond acceptors (Lipinski definition) is 3. The lowest BCUT2D eigenvalue weighted by Gasteiger charge is -2.10. The molecule has 1 unspecified atom stereocenters. The second-order valence-electron chi connectivity index (χ2n) is 5.48. The molecule has 0 bridgehead atoms. The van der Waals surface area contributed by atoms with Crippen molar-refractivity contribution in [3.05, 3.63) is 35.9 Å². The molecule has 4 nitrogen and oxygen atoms in total. The van der Waals surface area contributed by atoms with E-state index in [1.807, 2.05) is 44.2 Å². The van der Waals surface area contributed by atoms with Gasteiger partial charge in [0, 0.05) is 5.56 Å². The topological polar surface area (TPSA) is 50.7 Å². The lowest BCUT2D eigenvalue weighted by atomic mass is 10.1. The smallest absolute Gasteiger partial charge is 0.292 e. The van der Waals surface area contributed by atoms with Crippen molar-refractivity contribution in [3.8, 4) is 0 Å². The summed E-state index contributed by atoms with van der Waals surface area (Å²) >= 11 is 0. The van der Waals surface area contributed by atoms with E-state index in [-0.39, 0.29) is 5.91 Å². The Balaban J connectivity index is 0.000000847. The van der Waals surface area contributed by atoms with Gasteiger partial charge in [-0.25, -0.2) is 4.99 Å². The molecule has 1 heterocycles. The molecule has 3 rings (SSSR count). The molecule has 22 heavy (non-hydrogen) atoms. The predicted octanol–water partition coefficient (Wildman–Crippen LogP) is 3.98. The number of nitrogens with one attached hydrogen (secondary N) is 1. The third-order valence-corrected chi connectivity index (χ3v) is 3.92. The van der Waals surface area contributed by atoms with Gasteiger partial charge in [-0.15, -0.1) is 0 Å². The summed E-state index contributed by atoms with van der Waals surface area (Å²) < 4.78 is 5.69. The second-order valence-corrected chi connectivity index (χ2v) is 5.48. The van der Waals surface area contributed by atoms with Crippen LogP contribution in [0.4, 0.5) is 0 Å². The number of ether oxygens (including phenoxy) is 1. The summed E-state index contributed by atoms with van der Waals surface area (Å²) in [5, 5.41) is 2.76. The van der Waals surface area contributed by atoms with Gasteiger partial charge >= 0.3 is 0 Å². The Morgan fingerprint density at radius 2 is 1.68 bits per heavy atom. The molecule has 0 spiro atoms. The van der Waals surface area contributed by atoms with Crippen LogP contribution in [0.15, 0.2) is 35.3 Å². The third-order valence-electron chi connectivity index (χ3n) is 3.92. The van der Waals surface area contributed by atoms with Crippen LogP contribution >= 0.6 is 0 Å². The van der Waals surface area contributed by atoms with Crippen molar-refractivity contribution in [2.45, 2.75) is 64.5 Å². The van der Waals surface area contributed by atoms with E-state index >= 15 is 0 Å². The number of benzene rings is 1. The molecular formula is C18H26N2O2. The van der Waals surface area contributed by atoms with Crippen molar-refractivity contribution in [3.63, 3.8) is 0 Å². The maximum Gasteiger partial charge on any atom is 0.292 e. The zero-order valence-electron chi connectivity index (χ0n) is 13.5. The standard InChI is InChI=1S/C16H20N2O2.C2H6/c19-15-14(12-8-4-3-5-9-12)20-16(18-15)17-13-10-6-1-2-7-11-13;1-2/h3-5,8-9,13-14H,1-2,6-7,10-11H2,(H,17,18,19);1-2H3. The van der Waals surface area contributed by atoms with Crippen LogP contribution in [0.1, 0.15) is 64.0 Å². The summed E-state index contributed by atoms with van der Waals surface area (Å²) in [6.07, 6.45) is 6.66. The molecule has 1 aromatic rings. The van der Waals surface area contributed by atoms with Crippen LogP contribution in [0, 0.1) is 0 Å². The highest BCUT2D eigenvalue weighted by atomic mass is 16.5. The Hall–Kier alpha value is -1.84. The summed E-state index contributed by atoms with van der Waals surface area (Å²) in [5.74, 6) is -0.122. The van der Waals surface area contributed by atoms with Crippen molar-refractivity contribution in [1.82, 2.24) is 5.32 Å².